The van der Waals surface area contributed by atoms with Crippen LogP contribution < -0.4 is 5.32 Å². The number of rotatable bonds is 5. The minimum absolute atomic E-state index is 0.205. The Kier molecular flexibility index (Phi) is 5.73. The van der Waals surface area contributed by atoms with Crippen molar-refractivity contribution in [3.63, 3.8) is 0 Å². The van der Waals surface area contributed by atoms with Gasteiger partial charge >= 0.3 is 12.0 Å². The number of aryl methyl sites for hydroxylation is 1. The zero-order chi connectivity index (χ0) is 22.2. The van der Waals surface area contributed by atoms with Crippen molar-refractivity contribution in [2.24, 2.45) is 0 Å². The fourth-order valence-corrected chi connectivity index (χ4v) is 4.33. The quantitative estimate of drug-likeness (QED) is 0.418. The molecule has 2 aromatic rings. The maximum absolute atomic E-state index is 13.2. The van der Waals surface area contributed by atoms with Crippen LogP contribution in [0, 0.1) is 0 Å². The number of carbonyl (C=O) groups is 4. The molecule has 1 aliphatic carbocycles. The largest absolute Gasteiger partial charge is 0.456 e. The van der Waals surface area contributed by atoms with Gasteiger partial charge < -0.3 is 10.1 Å². The number of amides is 3. The van der Waals surface area contributed by atoms with Crippen molar-refractivity contribution in [3.05, 3.63) is 69.2 Å². The summed E-state index contributed by atoms with van der Waals surface area (Å²) in [6.07, 6.45) is 2.01. The van der Waals surface area contributed by atoms with Gasteiger partial charge in [0, 0.05) is 5.56 Å². The van der Waals surface area contributed by atoms with Gasteiger partial charge in [-0.25, -0.2) is 4.79 Å². The molecular weight excluding hydrogens is 443 g/mol. The predicted octanol–water partition coefficient (Wildman–Crippen LogP) is 3.50. The Labute approximate surface area is 188 Å². The molecule has 4 rings (SSSR count). The number of esters is 1. The third-order valence-corrected chi connectivity index (χ3v) is 6.28. The van der Waals surface area contributed by atoms with Crippen molar-refractivity contribution in [1.29, 1.82) is 0 Å². The van der Waals surface area contributed by atoms with Crippen LogP contribution in [0.1, 0.15) is 34.3 Å². The summed E-state index contributed by atoms with van der Waals surface area (Å²) in [6.45, 7) is -1.13. The van der Waals surface area contributed by atoms with E-state index in [4.69, 9.17) is 27.9 Å². The van der Waals surface area contributed by atoms with E-state index >= 15 is 0 Å². The van der Waals surface area contributed by atoms with Gasteiger partial charge in [-0.1, -0.05) is 47.5 Å². The second-order valence-corrected chi connectivity index (χ2v) is 8.26. The summed E-state index contributed by atoms with van der Waals surface area (Å²) in [5.41, 5.74) is 0.821. The highest BCUT2D eigenvalue weighted by molar-refractivity contribution is 6.42. The van der Waals surface area contributed by atoms with Crippen LogP contribution in [0.5, 0.6) is 0 Å². The zero-order valence-corrected chi connectivity index (χ0v) is 17.8. The number of benzene rings is 2. The van der Waals surface area contributed by atoms with E-state index < -0.39 is 42.4 Å². The smallest absolute Gasteiger partial charge is 0.326 e. The second-order valence-electron chi connectivity index (χ2n) is 7.45. The summed E-state index contributed by atoms with van der Waals surface area (Å²) in [5, 5.41) is 3.27. The van der Waals surface area contributed by atoms with Gasteiger partial charge in [0.25, 0.3) is 5.91 Å². The van der Waals surface area contributed by atoms with E-state index in [1.165, 1.54) is 18.2 Å². The van der Waals surface area contributed by atoms with Crippen molar-refractivity contribution in [2.75, 3.05) is 13.2 Å². The first-order valence-electron chi connectivity index (χ1n) is 9.68. The van der Waals surface area contributed by atoms with Crippen molar-refractivity contribution in [2.45, 2.75) is 24.8 Å². The maximum Gasteiger partial charge on any atom is 0.326 e. The number of carbonyl (C=O) groups excluding carboxylic acids is 4. The fraction of sp³-hybridized carbons (Fsp3) is 0.273. The van der Waals surface area contributed by atoms with Crippen LogP contribution in [0.25, 0.3) is 0 Å². The molecule has 3 amide bonds. The van der Waals surface area contributed by atoms with E-state index in [-0.39, 0.29) is 10.6 Å². The zero-order valence-electron chi connectivity index (χ0n) is 16.3. The van der Waals surface area contributed by atoms with Gasteiger partial charge in [-0.15, -0.1) is 0 Å². The van der Waals surface area contributed by atoms with E-state index in [1.54, 1.807) is 0 Å². The van der Waals surface area contributed by atoms with E-state index in [9.17, 15) is 19.2 Å². The molecule has 0 bridgehead atoms. The van der Waals surface area contributed by atoms with Crippen LogP contribution in [0.2, 0.25) is 10.0 Å². The van der Waals surface area contributed by atoms with Crippen LogP contribution in [0.4, 0.5) is 4.79 Å². The molecule has 160 valence electrons. The first kappa shape index (κ1) is 21.3. The lowest BCUT2D eigenvalue weighted by Gasteiger charge is -2.33. The van der Waals surface area contributed by atoms with Crippen molar-refractivity contribution in [3.8, 4) is 0 Å². The summed E-state index contributed by atoms with van der Waals surface area (Å²) in [4.78, 5) is 51.0. The topological polar surface area (TPSA) is 92.8 Å². The Balaban J connectivity index is 1.42. The number of nitrogens with one attached hydrogen (secondary N) is 1. The second kappa shape index (κ2) is 8.32. The minimum Gasteiger partial charge on any atom is -0.456 e. The van der Waals surface area contributed by atoms with Crippen LogP contribution in [-0.4, -0.2) is 41.7 Å². The highest BCUT2D eigenvalue weighted by Crippen LogP contribution is 2.39. The van der Waals surface area contributed by atoms with Crippen LogP contribution in [-0.2, 0) is 26.3 Å². The first-order valence-corrected chi connectivity index (χ1v) is 10.4. The average molecular weight is 461 g/mol. The molecule has 2 aromatic carbocycles. The summed E-state index contributed by atoms with van der Waals surface area (Å²) in [5.74, 6) is -1.84. The Bertz CT molecular complexity index is 1100. The number of ether oxygens (including phenoxy) is 1. The third-order valence-electron chi connectivity index (χ3n) is 5.54. The number of urea groups is 1. The highest BCUT2D eigenvalue weighted by atomic mass is 35.5. The summed E-state index contributed by atoms with van der Waals surface area (Å²) in [6, 6.07) is 11.1. The van der Waals surface area contributed by atoms with Gasteiger partial charge in [-0.3, -0.25) is 19.3 Å². The van der Waals surface area contributed by atoms with Gasteiger partial charge in [0.15, 0.2) is 12.4 Å². The number of imide groups is 1. The Morgan fingerprint density at radius 1 is 1.10 bits per heavy atom. The first-order chi connectivity index (χ1) is 14.8. The molecule has 7 nitrogen and oxygen atoms in total. The summed E-state index contributed by atoms with van der Waals surface area (Å²) in [7, 11) is 0. The van der Waals surface area contributed by atoms with Crippen molar-refractivity contribution in [1.82, 2.24) is 10.2 Å². The van der Waals surface area contributed by atoms with E-state index in [1.807, 2.05) is 24.3 Å². The van der Waals surface area contributed by atoms with Gasteiger partial charge in [-0.05, 0) is 48.6 Å². The van der Waals surface area contributed by atoms with E-state index in [2.05, 4.69) is 5.32 Å². The molecule has 9 heteroatoms. The minimum atomic E-state index is -1.16. The van der Waals surface area contributed by atoms with Gasteiger partial charge in [0.05, 0.1) is 10.0 Å². The lowest BCUT2D eigenvalue weighted by atomic mass is 9.76. The third kappa shape index (κ3) is 3.91. The fourth-order valence-electron chi connectivity index (χ4n) is 4.03. The number of fused-ring (bicyclic) bond motifs is 2. The van der Waals surface area contributed by atoms with Crippen LogP contribution in [0.3, 0.4) is 0 Å². The number of Topliss-reactive ketones (excluding diaryl/α,β-unsaturated/α-hetero) is 1. The Morgan fingerprint density at radius 2 is 1.87 bits per heavy atom. The molecule has 2 aliphatic rings. The molecule has 0 radical (unpaired) electrons. The molecule has 0 aromatic heterocycles. The van der Waals surface area contributed by atoms with Crippen LogP contribution in [0.15, 0.2) is 42.5 Å². The molecule has 1 aliphatic heterocycles. The van der Waals surface area contributed by atoms with E-state index in [0.717, 1.165) is 28.9 Å². The predicted molar refractivity (Wildman–Crippen MR) is 113 cm³/mol. The number of halogens is 2. The van der Waals surface area contributed by atoms with E-state index in [0.29, 0.717) is 11.4 Å². The molecule has 0 saturated carbocycles. The molecular formula is C22H18Cl2N2O5. The van der Waals surface area contributed by atoms with Gasteiger partial charge in [0.1, 0.15) is 12.1 Å². The Morgan fingerprint density at radius 3 is 2.65 bits per heavy atom. The summed E-state index contributed by atoms with van der Waals surface area (Å²) < 4.78 is 4.99. The molecule has 1 N–H and O–H groups in total. The number of nitrogens with zero attached hydrogens (tertiary/aromatic N) is 1. The Hall–Kier alpha value is -2.90. The standard InChI is InChI=1S/C22H18Cl2N2O5/c23-16-8-7-14(10-17(16)24)18(27)12-31-19(28)11-26-20(29)22(25-21(26)30)9-3-5-13-4-1-2-6-15(13)22/h1-2,4,6-8,10H,3,5,9,11-12H2,(H,25,30). The average Bonchev–Trinajstić information content (AvgIpc) is 2.99. The highest BCUT2D eigenvalue weighted by Gasteiger charge is 2.54. The molecule has 1 saturated heterocycles. The van der Waals surface area contributed by atoms with Gasteiger partial charge in [-0.2, -0.15) is 0 Å². The number of hydrogen-bond donors (Lipinski definition) is 1. The normalized spacial score (nSPS) is 19.9. The molecule has 1 spiro atoms. The van der Waals surface area contributed by atoms with Crippen molar-refractivity contribution >= 4 is 46.9 Å². The number of ketones is 1. The lowest BCUT2D eigenvalue weighted by Crippen LogP contribution is -2.46. The molecule has 31 heavy (non-hydrogen) atoms. The molecule has 1 atom stereocenters. The van der Waals surface area contributed by atoms with Crippen LogP contribution >= 0.6 is 23.2 Å². The van der Waals surface area contributed by atoms with Gasteiger partial charge in [0.2, 0.25) is 0 Å². The summed E-state index contributed by atoms with van der Waals surface area (Å²) >= 11 is 11.7. The molecule has 1 unspecified atom stereocenters. The lowest BCUT2D eigenvalue weighted by molar-refractivity contribution is -0.147. The molecule has 1 heterocycles. The molecule has 1 fully saturated rings. The van der Waals surface area contributed by atoms with Crippen molar-refractivity contribution < 1.29 is 23.9 Å². The number of hydrogen-bond acceptors (Lipinski definition) is 5. The monoisotopic (exact) mass is 460 g/mol. The maximum atomic E-state index is 13.2. The SMILES string of the molecule is O=C(CN1C(=O)NC2(CCCc3ccccc32)C1=O)OCC(=O)c1ccc(Cl)c(Cl)c1.